The number of carbonyl (C=O) groups excluding carboxylic acids is 1. The number of rotatable bonds is 3. The summed E-state index contributed by atoms with van der Waals surface area (Å²) in [5.74, 6) is -0.526. The number of benzene rings is 1. The summed E-state index contributed by atoms with van der Waals surface area (Å²) in [6.07, 6.45) is 1.64. The number of carbonyl (C=O) groups is 1. The van der Waals surface area contributed by atoms with Crippen molar-refractivity contribution in [3.05, 3.63) is 57.3 Å². The Morgan fingerprint density at radius 3 is 2.84 bits per heavy atom. The van der Waals surface area contributed by atoms with E-state index in [2.05, 4.69) is 20.9 Å². The monoisotopic (exact) mass is 340 g/mol. The largest absolute Gasteiger partial charge is 0.456 e. The zero-order valence-corrected chi connectivity index (χ0v) is 12.1. The quantitative estimate of drug-likeness (QED) is 0.686. The smallest absolute Gasteiger partial charge is 0.340 e. The maximum atomic E-state index is 11.9. The van der Waals surface area contributed by atoms with Crippen molar-refractivity contribution in [3.8, 4) is 0 Å². The number of anilines is 1. The van der Waals surface area contributed by atoms with Crippen molar-refractivity contribution < 1.29 is 9.53 Å². The predicted molar refractivity (Wildman–Crippen MR) is 76.9 cm³/mol. The van der Waals surface area contributed by atoms with Gasteiger partial charge in [0, 0.05) is 10.7 Å². The highest BCUT2D eigenvalue weighted by molar-refractivity contribution is 9.10. The fourth-order valence-electron chi connectivity index (χ4n) is 1.42. The maximum Gasteiger partial charge on any atom is 0.340 e. The normalized spacial score (nSPS) is 10.2. The Balaban J connectivity index is 2.05. The molecule has 0 fully saturated rings. The van der Waals surface area contributed by atoms with Crippen LogP contribution in [0.4, 0.5) is 5.69 Å². The van der Waals surface area contributed by atoms with E-state index < -0.39 is 5.97 Å². The number of ether oxygens (including phenoxy) is 1. The van der Waals surface area contributed by atoms with Gasteiger partial charge in [-0.1, -0.05) is 17.7 Å². The molecule has 0 bridgehead atoms. The molecule has 1 heterocycles. The van der Waals surface area contributed by atoms with Crippen LogP contribution in [0.2, 0.25) is 5.02 Å². The van der Waals surface area contributed by atoms with Gasteiger partial charge in [0.15, 0.2) is 0 Å². The van der Waals surface area contributed by atoms with Crippen molar-refractivity contribution in [1.82, 2.24) is 4.98 Å². The molecule has 4 nitrogen and oxygen atoms in total. The first kappa shape index (κ1) is 13.8. The van der Waals surface area contributed by atoms with Crippen LogP contribution in [0.3, 0.4) is 0 Å². The Bertz CT molecular complexity index is 602. The molecule has 1 aromatic heterocycles. The second-order valence-corrected chi connectivity index (χ2v) is 5.05. The highest BCUT2D eigenvalue weighted by Crippen LogP contribution is 2.23. The van der Waals surface area contributed by atoms with Gasteiger partial charge in [-0.15, -0.1) is 0 Å². The van der Waals surface area contributed by atoms with Crippen LogP contribution in [0.5, 0.6) is 0 Å². The average Bonchev–Trinajstić information content (AvgIpc) is 2.41. The van der Waals surface area contributed by atoms with Crippen molar-refractivity contribution in [2.75, 3.05) is 5.73 Å². The molecule has 0 unspecified atom stereocenters. The molecule has 0 aliphatic heterocycles. The zero-order valence-electron chi connectivity index (χ0n) is 9.77. The van der Waals surface area contributed by atoms with E-state index in [1.54, 1.807) is 30.5 Å². The van der Waals surface area contributed by atoms with Gasteiger partial charge in [-0.2, -0.15) is 0 Å². The molecule has 98 valence electrons. The van der Waals surface area contributed by atoms with Crippen molar-refractivity contribution in [1.29, 1.82) is 0 Å². The van der Waals surface area contributed by atoms with Gasteiger partial charge < -0.3 is 10.5 Å². The molecule has 1 aromatic carbocycles. The molecule has 19 heavy (non-hydrogen) atoms. The van der Waals surface area contributed by atoms with Gasteiger partial charge in [-0.25, -0.2) is 4.79 Å². The fourth-order valence-corrected chi connectivity index (χ4v) is 1.85. The standard InChI is InChI=1S/C13H10BrClN2O2/c14-8-4-5-9(17-6-8)7-19-13(18)10-2-1-3-11(16)12(10)15/h1-6H,7,16H2. The zero-order chi connectivity index (χ0) is 13.8. The van der Waals surface area contributed by atoms with Crippen molar-refractivity contribution in [2.45, 2.75) is 6.61 Å². The Hall–Kier alpha value is -1.59. The molecular weight excluding hydrogens is 332 g/mol. The molecule has 2 N–H and O–H groups in total. The molecule has 0 spiro atoms. The van der Waals surface area contributed by atoms with Gasteiger partial charge in [-0.3, -0.25) is 4.98 Å². The molecule has 0 aliphatic rings. The number of aromatic nitrogens is 1. The van der Waals surface area contributed by atoms with E-state index >= 15 is 0 Å². The van der Waals surface area contributed by atoms with Gasteiger partial charge >= 0.3 is 5.97 Å². The molecular formula is C13H10BrClN2O2. The SMILES string of the molecule is Nc1cccc(C(=O)OCc2ccc(Br)cn2)c1Cl. The second kappa shape index (κ2) is 6.04. The number of hydrogen-bond donors (Lipinski definition) is 1. The summed E-state index contributed by atoms with van der Waals surface area (Å²) in [7, 11) is 0. The minimum absolute atomic E-state index is 0.0806. The Labute approximate surface area is 123 Å². The van der Waals surface area contributed by atoms with Crippen LogP contribution >= 0.6 is 27.5 Å². The van der Waals surface area contributed by atoms with E-state index in [0.717, 1.165) is 4.47 Å². The highest BCUT2D eigenvalue weighted by Gasteiger charge is 2.13. The molecule has 0 radical (unpaired) electrons. The minimum Gasteiger partial charge on any atom is -0.456 e. The molecule has 0 saturated heterocycles. The van der Waals surface area contributed by atoms with E-state index in [4.69, 9.17) is 22.1 Å². The van der Waals surface area contributed by atoms with E-state index in [1.165, 1.54) is 0 Å². The highest BCUT2D eigenvalue weighted by atomic mass is 79.9. The molecule has 0 atom stereocenters. The summed E-state index contributed by atoms with van der Waals surface area (Å²) in [6.45, 7) is 0.0806. The third-order valence-corrected chi connectivity index (χ3v) is 3.28. The summed E-state index contributed by atoms with van der Waals surface area (Å²) < 4.78 is 6.00. The lowest BCUT2D eigenvalue weighted by molar-refractivity contribution is 0.0468. The molecule has 0 saturated carbocycles. The number of hydrogen-bond acceptors (Lipinski definition) is 4. The first-order chi connectivity index (χ1) is 9.08. The third kappa shape index (κ3) is 3.45. The number of nitrogens with two attached hydrogens (primary N) is 1. The Kier molecular flexibility index (Phi) is 4.39. The number of nitrogens with zero attached hydrogens (tertiary/aromatic N) is 1. The Morgan fingerprint density at radius 1 is 1.37 bits per heavy atom. The van der Waals surface area contributed by atoms with Gasteiger partial charge in [-0.05, 0) is 40.2 Å². The summed E-state index contributed by atoms with van der Waals surface area (Å²) in [6, 6.07) is 8.42. The summed E-state index contributed by atoms with van der Waals surface area (Å²) in [4.78, 5) is 16.0. The Morgan fingerprint density at radius 2 is 2.16 bits per heavy atom. The first-order valence-electron chi connectivity index (χ1n) is 5.39. The van der Waals surface area contributed by atoms with Crippen molar-refractivity contribution in [2.24, 2.45) is 0 Å². The second-order valence-electron chi connectivity index (χ2n) is 3.75. The molecule has 6 heteroatoms. The first-order valence-corrected chi connectivity index (χ1v) is 6.56. The van der Waals surface area contributed by atoms with Gasteiger partial charge in [0.25, 0.3) is 0 Å². The topological polar surface area (TPSA) is 65.2 Å². The van der Waals surface area contributed by atoms with E-state index in [-0.39, 0.29) is 17.2 Å². The van der Waals surface area contributed by atoms with Crippen molar-refractivity contribution >= 4 is 39.2 Å². The third-order valence-electron chi connectivity index (χ3n) is 2.39. The summed E-state index contributed by atoms with van der Waals surface area (Å²) in [5.41, 5.74) is 6.87. The van der Waals surface area contributed by atoms with Gasteiger partial charge in [0.2, 0.25) is 0 Å². The molecule has 2 aromatic rings. The fraction of sp³-hybridized carbons (Fsp3) is 0.0769. The van der Waals surface area contributed by atoms with Crippen LogP contribution in [-0.4, -0.2) is 11.0 Å². The van der Waals surface area contributed by atoms with Crippen LogP contribution in [0.1, 0.15) is 16.1 Å². The van der Waals surface area contributed by atoms with Crippen molar-refractivity contribution in [3.63, 3.8) is 0 Å². The van der Waals surface area contributed by atoms with Crippen LogP contribution in [0.15, 0.2) is 41.0 Å². The number of pyridine rings is 1. The lowest BCUT2D eigenvalue weighted by Crippen LogP contribution is -2.07. The van der Waals surface area contributed by atoms with E-state index in [1.807, 2.05) is 6.07 Å². The van der Waals surface area contributed by atoms with E-state index in [0.29, 0.717) is 11.4 Å². The van der Waals surface area contributed by atoms with Gasteiger partial charge in [0.1, 0.15) is 6.61 Å². The molecule has 2 rings (SSSR count). The maximum absolute atomic E-state index is 11.9. The molecule has 0 amide bonds. The predicted octanol–water partition coefficient (Wildman–Crippen LogP) is 3.44. The summed E-state index contributed by atoms with van der Waals surface area (Å²) >= 11 is 9.22. The lowest BCUT2D eigenvalue weighted by atomic mass is 10.2. The molecule has 0 aliphatic carbocycles. The van der Waals surface area contributed by atoms with Gasteiger partial charge in [0.05, 0.1) is 22.0 Å². The van der Waals surface area contributed by atoms with E-state index in [9.17, 15) is 4.79 Å². The number of nitrogen functional groups attached to an aromatic ring is 1. The van der Waals surface area contributed by atoms with Crippen LogP contribution in [0, 0.1) is 0 Å². The number of esters is 1. The van der Waals surface area contributed by atoms with Crippen LogP contribution in [0.25, 0.3) is 0 Å². The van der Waals surface area contributed by atoms with Crippen LogP contribution in [-0.2, 0) is 11.3 Å². The van der Waals surface area contributed by atoms with Crippen LogP contribution < -0.4 is 5.73 Å². The lowest BCUT2D eigenvalue weighted by Gasteiger charge is -2.07. The summed E-state index contributed by atoms with van der Waals surface area (Å²) in [5, 5.41) is 0.205. The average molecular weight is 342 g/mol. The minimum atomic E-state index is -0.526. The number of halogens is 2.